The number of carbonyl (C=O) groups is 2. The van der Waals surface area contributed by atoms with Crippen LogP contribution in [0.2, 0.25) is 0 Å². The van der Waals surface area contributed by atoms with E-state index in [4.69, 9.17) is 4.74 Å². The number of hydrogen-bond donors (Lipinski definition) is 1. The Hall–Kier alpha value is -1.84. The number of nitrogens with one attached hydrogen (secondary N) is 1. The van der Waals surface area contributed by atoms with Gasteiger partial charge in [0.15, 0.2) is 6.10 Å². The first kappa shape index (κ1) is 14.2. The molecule has 1 atom stereocenters. The molecule has 0 spiro atoms. The number of rotatable bonds is 2. The van der Waals surface area contributed by atoms with Gasteiger partial charge in [0.25, 0.3) is 5.91 Å². The maximum atomic E-state index is 11.4. The summed E-state index contributed by atoms with van der Waals surface area (Å²) in [7, 11) is 0. The summed E-state index contributed by atoms with van der Waals surface area (Å²) in [6.45, 7) is 5.98. The van der Waals surface area contributed by atoms with Gasteiger partial charge in [0.1, 0.15) is 5.75 Å². The molecule has 0 saturated carbocycles. The molecule has 18 heavy (non-hydrogen) atoms. The van der Waals surface area contributed by atoms with E-state index in [1.807, 2.05) is 45.0 Å². The van der Waals surface area contributed by atoms with Gasteiger partial charge in [-0.3, -0.25) is 14.9 Å². The number of imide groups is 1. The Labute approximate surface area is 109 Å². The van der Waals surface area contributed by atoms with Crippen LogP contribution in [0.5, 0.6) is 5.75 Å². The Morgan fingerprint density at radius 1 is 1.22 bits per heavy atom. The first-order valence-corrected chi connectivity index (χ1v) is 6.22. The zero-order chi connectivity index (χ0) is 13.5. The highest BCUT2D eigenvalue weighted by Crippen LogP contribution is 2.17. The van der Waals surface area contributed by atoms with Crippen LogP contribution in [0.15, 0.2) is 24.3 Å². The second kappa shape index (κ2) is 6.79. The molecule has 2 rings (SSSR count). The Kier molecular flexibility index (Phi) is 5.36. The molecule has 1 unspecified atom stereocenters. The van der Waals surface area contributed by atoms with Gasteiger partial charge in [-0.2, -0.15) is 0 Å². The van der Waals surface area contributed by atoms with E-state index >= 15 is 0 Å². The zero-order valence-electron chi connectivity index (χ0n) is 11.0. The Balaban J connectivity index is 0.00000103. The molecular formula is C14H21NO3. The van der Waals surface area contributed by atoms with Gasteiger partial charge in [-0.25, -0.2) is 0 Å². The minimum absolute atomic E-state index is 0. The van der Waals surface area contributed by atoms with Gasteiger partial charge in [0.2, 0.25) is 5.91 Å². The molecule has 1 fully saturated rings. The minimum Gasteiger partial charge on any atom is -0.481 e. The molecule has 0 radical (unpaired) electrons. The quantitative estimate of drug-likeness (QED) is 0.821. The number of benzene rings is 1. The van der Waals surface area contributed by atoms with Crippen molar-refractivity contribution < 1.29 is 15.8 Å². The summed E-state index contributed by atoms with van der Waals surface area (Å²) in [6.07, 6.45) is 0.223. The predicted octanol–water partition coefficient (Wildman–Crippen LogP) is 2.45. The molecule has 1 heterocycles. The van der Waals surface area contributed by atoms with Gasteiger partial charge < -0.3 is 4.74 Å². The van der Waals surface area contributed by atoms with Gasteiger partial charge in [0.05, 0.1) is 0 Å². The highest BCUT2D eigenvalue weighted by molar-refractivity contribution is 5.99. The number of aryl methyl sites for hydroxylation is 1. The van der Waals surface area contributed by atoms with Crippen molar-refractivity contribution in [3.8, 4) is 5.75 Å². The minimum atomic E-state index is -0.555. The number of carbonyl (C=O) groups excluding carboxylic acids is 2. The molecule has 2 amide bonds. The second-order valence-electron chi connectivity index (χ2n) is 3.87. The fourth-order valence-corrected chi connectivity index (χ4v) is 1.57. The Bertz CT molecular complexity index is 417. The molecule has 1 N–H and O–H groups in total. The summed E-state index contributed by atoms with van der Waals surface area (Å²) in [5.41, 5.74) is 1.13. The molecule has 4 nitrogen and oxygen atoms in total. The van der Waals surface area contributed by atoms with Crippen molar-refractivity contribution in [2.45, 2.75) is 39.7 Å². The SMILES string of the molecule is CC.Cc1ccc(OC2CCC(=O)NC2=O)cc1.[HH]. The summed E-state index contributed by atoms with van der Waals surface area (Å²) in [4.78, 5) is 22.3. The molecule has 1 aliphatic rings. The van der Waals surface area contributed by atoms with Gasteiger partial charge >= 0.3 is 0 Å². The first-order valence-electron chi connectivity index (χ1n) is 6.22. The van der Waals surface area contributed by atoms with Crippen LogP contribution in [0, 0.1) is 6.92 Å². The molecule has 4 heteroatoms. The van der Waals surface area contributed by atoms with Gasteiger partial charge in [-0.05, 0) is 19.1 Å². The van der Waals surface area contributed by atoms with Crippen molar-refractivity contribution in [3.05, 3.63) is 29.8 Å². The van der Waals surface area contributed by atoms with E-state index in [9.17, 15) is 9.59 Å². The van der Waals surface area contributed by atoms with Crippen molar-refractivity contribution in [2.24, 2.45) is 0 Å². The van der Waals surface area contributed by atoms with Gasteiger partial charge in [-0.15, -0.1) is 0 Å². The molecular weight excluding hydrogens is 230 g/mol. The maximum Gasteiger partial charge on any atom is 0.267 e. The maximum absolute atomic E-state index is 11.4. The molecule has 1 saturated heterocycles. The zero-order valence-corrected chi connectivity index (χ0v) is 11.0. The van der Waals surface area contributed by atoms with E-state index in [0.29, 0.717) is 18.6 Å². The fraction of sp³-hybridized carbons (Fsp3) is 0.429. The summed E-state index contributed by atoms with van der Waals surface area (Å²) in [6, 6.07) is 7.47. The molecule has 0 aliphatic carbocycles. The lowest BCUT2D eigenvalue weighted by Gasteiger charge is -2.21. The molecule has 0 aromatic heterocycles. The van der Waals surface area contributed by atoms with Crippen molar-refractivity contribution in [3.63, 3.8) is 0 Å². The van der Waals surface area contributed by atoms with E-state index in [1.54, 1.807) is 0 Å². The third kappa shape index (κ3) is 3.87. The average molecular weight is 251 g/mol. The highest BCUT2D eigenvalue weighted by atomic mass is 16.5. The molecule has 1 aliphatic heterocycles. The third-order valence-electron chi connectivity index (χ3n) is 2.49. The third-order valence-corrected chi connectivity index (χ3v) is 2.49. The van der Waals surface area contributed by atoms with E-state index < -0.39 is 6.10 Å². The summed E-state index contributed by atoms with van der Waals surface area (Å²) in [5.74, 6) is 0.0747. The van der Waals surface area contributed by atoms with E-state index in [-0.39, 0.29) is 13.2 Å². The van der Waals surface area contributed by atoms with E-state index in [0.717, 1.165) is 5.56 Å². The topological polar surface area (TPSA) is 55.4 Å². The lowest BCUT2D eigenvalue weighted by Crippen LogP contribution is -2.46. The van der Waals surface area contributed by atoms with Crippen LogP contribution in [0.4, 0.5) is 0 Å². The lowest BCUT2D eigenvalue weighted by atomic mass is 10.1. The molecule has 0 bridgehead atoms. The number of amides is 2. The van der Waals surface area contributed by atoms with Crippen molar-refractivity contribution in [2.75, 3.05) is 0 Å². The second-order valence-corrected chi connectivity index (χ2v) is 3.87. The monoisotopic (exact) mass is 251 g/mol. The largest absolute Gasteiger partial charge is 0.481 e. The van der Waals surface area contributed by atoms with Gasteiger partial charge in [0, 0.05) is 14.3 Å². The standard InChI is InChI=1S/C12H13NO3.C2H6.H2/c1-8-2-4-9(5-3-8)16-10-6-7-11(14)13-12(10)15;1-2;/h2-5,10H,6-7H2,1H3,(H,13,14,15);1-2H3;1H. The number of ether oxygens (including phenoxy) is 1. The van der Waals surface area contributed by atoms with Crippen LogP contribution in [-0.2, 0) is 9.59 Å². The van der Waals surface area contributed by atoms with Crippen molar-refractivity contribution in [1.29, 1.82) is 0 Å². The molecule has 1 aromatic carbocycles. The van der Waals surface area contributed by atoms with Crippen LogP contribution in [-0.4, -0.2) is 17.9 Å². The normalized spacial score (nSPS) is 18.5. The smallest absolute Gasteiger partial charge is 0.267 e. The number of hydrogen-bond acceptors (Lipinski definition) is 3. The predicted molar refractivity (Wildman–Crippen MR) is 71.4 cm³/mol. The van der Waals surface area contributed by atoms with Crippen molar-refractivity contribution >= 4 is 11.8 Å². The number of piperidine rings is 1. The fourth-order valence-electron chi connectivity index (χ4n) is 1.57. The van der Waals surface area contributed by atoms with Gasteiger partial charge in [-0.1, -0.05) is 31.5 Å². The molecule has 100 valence electrons. The van der Waals surface area contributed by atoms with Crippen LogP contribution in [0.1, 0.15) is 33.7 Å². The van der Waals surface area contributed by atoms with E-state index in [1.165, 1.54) is 0 Å². The van der Waals surface area contributed by atoms with Crippen molar-refractivity contribution in [1.82, 2.24) is 5.32 Å². The molecule has 1 aromatic rings. The van der Waals surface area contributed by atoms with Crippen LogP contribution < -0.4 is 10.1 Å². The first-order chi connectivity index (χ1) is 8.65. The summed E-state index contributed by atoms with van der Waals surface area (Å²) in [5, 5.41) is 2.26. The van der Waals surface area contributed by atoms with Crippen LogP contribution >= 0.6 is 0 Å². The van der Waals surface area contributed by atoms with E-state index in [2.05, 4.69) is 5.32 Å². The average Bonchev–Trinajstić information content (AvgIpc) is 2.38. The highest BCUT2D eigenvalue weighted by Gasteiger charge is 2.27. The summed E-state index contributed by atoms with van der Waals surface area (Å²) < 4.78 is 5.51. The van der Waals surface area contributed by atoms with Crippen LogP contribution in [0.25, 0.3) is 0 Å². The Morgan fingerprint density at radius 2 is 1.83 bits per heavy atom. The summed E-state index contributed by atoms with van der Waals surface area (Å²) >= 11 is 0. The lowest BCUT2D eigenvalue weighted by molar-refractivity contribution is -0.138. The Morgan fingerprint density at radius 3 is 2.39 bits per heavy atom. The van der Waals surface area contributed by atoms with Crippen LogP contribution in [0.3, 0.4) is 0 Å².